The largest absolute Gasteiger partial charge is 0.395 e. The Kier molecular flexibility index (Phi) is 5.15. The lowest BCUT2D eigenvalue weighted by atomic mass is 9.74. The number of carbonyl (C=O) groups is 3. The Bertz CT molecular complexity index is 1070. The van der Waals surface area contributed by atoms with Crippen molar-refractivity contribution in [1.82, 2.24) is 9.80 Å². The molecule has 8 nitrogen and oxygen atoms in total. The van der Waals surface area contributed by atoms with E-state index >= 15 is 0 Å². The molecular formula is C24H26ClN3O5. The highest BCUT2D eigenvalue weighted by Gasteiger charge is 2.74. The Balaban J connectivity index is 1.65. The van der Waals surface area contributed by atoms with Gasteiger partial charge in [0.05, 0.1) is 24.0 Å². The Hall–Kier alpha value is -2.68. The summed E-state index contributed by atoms with van der Waals surface area (Å²) in [6.07, 6.45) is 7.31. The zero-order valence-corrected chi connectivity index (χ0v) is 19.2. The highest BCUT2D eigenvalue weighted by atomic mass is 35.5. The Morgan fingerprint density at radius 3 is 2.42 bits per heavy atom. The Labute approximate surface area is 197 Å². The van der Waals surface area contributed by atoms with Gasteiger partial charge in [-0.15, -0.1) is 0 Å². The van der Waals surface area contributed by atoms with Crippen LogP contribution < -0.4 is 4.90 Å². The molecule has 5 rings (SSSR count). The van der Waals surface area contributed by atoms with E-state index in [-0.39, 0.29) is 37.4 Å². The van der Waals surface area contributed by atoms with Gasteiger partial charge in [0.1, 0.15) is 11.6 Å². The van der Waals surface area contributed by atoms with Gasteiger partial charge in [-0.3, -0.25) is 14.4 Å². The van der Waals surface area contributed by atoms with E-state index in [1.54, 1.807) is 54.1 Å². The van der Waals surface area contributed by atoms with Crippen LogP contribution in [0.5, 0.6) is 0 Å². The number of nitrogens with zero attached hydrogens (tertiary/aromatic N) is 3. The number of fused-ring (bicyclic) bond motifs is 2. The van der Waals surface area contributed by atoms with Crippen molar-refractivity contribution < 1.29 is 24.2 Å². The SMILES string of the molecule is CN1CC=C[C@@]2(C)O[C@]34C=CCN(c5ccc(Cl)cc5)C(=O)C3N(CCO)C(=O)[C@@H]4[C@H]2C1=O. The fourth-order valence-electron chi connectivity index (χ4n) is 5.84. The van der Waals surface area contributed by atoms with E-state index < -0.39 is 29.1 Å². The predicted octanol–water partition coefficient (Wildman–Crippen LogP) is 1.23. The molecule has 4 aliphatic rings. The number of halogens is 1. The summed E-state index contributed by atoms with van der Waals surface area (Å²) >= 11 is 6.03. The first-order chi connectivity index (χ1) is 15.7. The van der Waals surface area contributed by atoms with Crippen LogP contribution in [0.1, 0.15) is 6.92 Å². The fraction of sp³-hybridized carbons (Fsp3) is 0.458. The first-order valence-corrected chi connectivity index (χ1v) is 11.4. The smallest absolute Gasteiger partial charge is 0.253 e. The number of likely N-dealkylation sites (N-methyl/N-ethyl adjacent to an activating group) is 1. The number of benzene rings is 1. The third-order valence-electron chi connectivity index (χ3n) is 7.24. The molecule has 1 unspecified atom stereocenters. The lowest BCUT2D eigenvalue weighted by Crippen LogP contribution is -2.56. The van der Waals surface area contributed by atoms with Crippen LogP contribution in [0.4, 0.5) is 5.69 Å². The number of aliphatic hydroxyl groups is 1. The number of amides is 3. The average Bonchev–Trinajstić information content (AvgIpc) is 3.04. The molecule has 174 valence electrons. The third-order valence-corrected chi connectivity index (χ3v) is 7.49. The highest BCUT2D eigenvalue weighted by Crippen LogP contribution is 2.57. The second kappa shape index (κ2) is 7.68. The zero-order valence-electron chi connectivity index (χ0n) is 18.5. The van der Waals surface area contributed by atoms with E-state index in [1.807, 2.05) is 18.2 Å². The number of ether oxygens (including phenoxy) is 1. The summed E-state index contributed by atoms with van der Waals surface area (Å²) in [6.45, 7) is 2.17. The lowest BCUT2D eigenvalue weighted by molar-refractivity contribution is -0.148. The highest BCUT2D eigenvalue weighted by molar-refractivity contribution is 6.30. The lowest BCUT2D eigenvalue weighted by Gasteiger charge is -2.37. The molecule has 0 aromatic heterocycles. The summed E-state index contributed by atoms with van der Waals surface area (Å²) in [4.78, 5) is 45.7. The molecule has 1 aromatic rings. The van der Waals surface area contributed by atoms with Crippen molar-refractivity contribution in [3.63, 3.8) is 0 Å². The van der Waals surface area contributed by atoms with Crippen molar-refractivity contribution in [1.29, 1.82) is 0 Å². The molecule has 0 bridgehead atoms. The van der Waals surface area contributed by atoms with E-state index in [0.29, 0.717) is 17.3 Å². The zero-order chi connectivity index (χ0) is 23.5. The molecule has 2 saturated heterocycles. The second-order valence-electron chi connectivity index (χ2n) is 9.20. The van der Waals surface area contributed by atoms with Crippen molar-refractivity contribution in [3.8, 4) is 0 Å². The number of rotatable bonds is 3. The van der Waals surface area contributed by atoms with Crippen LogP contribution in [0.25, 0.3) is 0 Å². The number of carbonyl (C=O) groups excluding carboxylic acids is 3. The molecule has 0 aliphatic carbocycles. The van der Waals surface area contributed by atoms with Crippen LogP contribution in [0, 0.1) is 11.8 Å². The number of β-amino-alcohol motifs (C(OH)–C–C–N with tert-alkyl or cyclic N) is 1. The van der Waals surface area contributed by atoms with E-state index in [0.717, 1.165) is 0 Å². The van der Waals surface area contributed by atoms with Gasteiger partial charge < -0.3 is 24.5 Å². The van der Waals surface area contributed by atoms with Gasteiger partial charge in [0, 0.05) is 37.4 Å². The summed E-state index contributed by atoms with van der Waals surface area (Å²) < 4.78 is 6.63. The van der Waals surface area contributed by atoms with Crippen molar-refractivity contribution >= 4 is 35.0 Å². The van der Waals surface area contributed by atoms with Gasteiger partial charge in [0.2, 0.25) is 11.8 Å². The molecule has 0 radical (unpaired) electrons. The minimum Gasteiger partial charge on any atom is -0.395 e. The van der Waals surface area contributed by atoms with Gasteiger partial charge in [-0.05, 0) is 31.2 Å². The maximum absolute atomic E-state index is 14.0. The van der Waals surface area contributed by atoms with Gasteiger partial charge >= 0.3 is 0 Å². The summed E-state index contributed by atoms with van der Waals surface area (Å²) in [5.74, 6) is -2.52. The van der Waals surface area contributed by atoms with Crippen molar-refractivity contribution in [3.05, 3.63) is 53.6 Å². The standard InChI is InChI=1S/C24H26ClN3O5/c1-23-9-3-11-26(2)20(30)17(23)18-21(31)28(13-14-29)19-22(32)27(12-4-10-24(18,19)33-23)16-7-5-15(25)6-8-16/h3-10,17-19,29H,11-14H2,1-2H3/t17-,18-,19?,23+,24-/m0/s1. The Morgan fingerprint density at radius 1 is 1.03 bits per heavy atom. The number of hydrogen-bond acceptors (Lipinski definition) is 5. The first-order valence-electron chi connectivity index (χ1n) is 11.0. The Morgan fingerprint density at radius 2 is 1.73 bits per heavy atom. The van der Waals surface area contributed by atoms with Crippen molar-refractivity contribution in [2.45, 2.75) is 24.2 Å². The maximum Gasteiger partial charge on any atom is 0.253 e. The average molecular weight is 472 g/mol. The number of aliphatic hydroxyl groups excluding tert-OH is 1. The van der Waals surface area contributed by atoms with Crippen LogP contribution in [0.2, 0.25) is 5.02 Å². The molecule has 2 fully saturated rings. The summed E-state index contributed by atoms with van der Waals surface area (Å²) in [7, 11) is 1.70. The van der Waals surface area contributed by atoms with Crippen molar-refractivity contribution in [2.24, 2.45) is 11.8 Å². The van der Waals surface area contributed by atoms with E-state index in [4.69, 9.17) is 16.3 Å². The van der Waals surface area contributed by atoms with Gasteiger partial charge in [0.15, 0.2) is 0 Å². The van der Waals surface area contributed by atoms with Gasteiger partial charge in [-0.2, -0.15) is 0 Å². The minimum atomic E-state index is -1.32. The molecule has 3 amide bonds. The van der Waals surface area contributed by atoms with E-state index in [1.165, 1.54) is 4.90 Å². The molecule has 0 saturated carbocycles. The molecule has 4 aliphatic heterocycles. The van der Waals surface area contributed by atoms with E-state index in [9.17, 15) is 19.5 Å². The first kappa shape index (κ1) is 22.1. The molecule has 4 heterocycles. The summed E-state index contributed by atoms with van der Waals surface area (Å²) in [5.41, 5.74) is -1.71. The second-order valence-corrected chi connectivity index (χ2v) is 9.64. The molecule has 1 N–H and O–H groups in total. The number of likely N-dealkylation sites (tertiary alicyclic amines) is 1. The summed E-state index contributed by atoms with van der Waals surface area (Å²) in [6, 6.07) is 5.89. The number of hydrogen-bond donors (Lipinski definition) is 1. The molecule has 5 atom stereocenters. The molecule has 1 spiro atoms. The van der Waals surface area contributed by atoms with Gasteiger partial charge in [-0.1, -0.05) is 35.9 Å². The molecule has 9 heteroatoms. The van der Waals surface area contributed by atoms with Crippen LogP contribution in [-0.4, -0.2) is 83.2 Å². The third kappa shape index (κ3) is 3.08. The van der Waals surface area contributed by atoms with Crippen molar-refractivity contribution in [2.75, 3.05) is 38.2 Å². The quantitative estimate of drug-likeness (QED) is 0.670. The van der Waals surface area contributed by atoms with Crippen LogP contribution in [0.3, 0.4) is 0 Å². The summed E-state index contributed by atoms with van der Waals surface area (Å²) in [5, 5.41) is 10.3. The van der Waals surface area contributed by atoms with Gasteiger partial charge in [-0.25, -0.2) is 0 Å². The monoisotopic (exact) mass is 471 g/mol. The maximum atomic E-state index is 14.0. The van der Waals surface area contributed by atoms with Crippen LogP contribution in [-0.2, 0) is 19.1 Å². The normalized spacial score (nSPS) is 35.5. The number of anilines is 1. The van der Waals surface area contributed by atoms with Crippen LogP contribution >= 0.6 is 11.6 Å². The fourth-order valence-corrected chi connectivity index (χ4v) is 5.97. The van der Waals surface area contributed by atoms with Gasteiger partial charge in [0.25, 0.3) is 5.91 Å². The predicted molar refractivity (Wildman–Crippen MR) is 122 cm³/mol. The molecule has 1 aromatic carbocycles. The topological polar surface area (TPSA) is 90.4 Å². The van der Waals surface area contributed by atoms with Crippen LogP contribution in [0.15, 0.2) is 48.6 Å². The molecule has 33 heavy (non-hydrogen) atoms. The minimum absolute atomic E-state index is 0.0253. The molecular weight excluding hydrogens is 446 g/mol. The van der Waals surface area contributed by atoms with E-state index in [2.05, 4.69) is 0 Å².